The molecular weight excluding hydrogens is 586 g/mol. The number of thioether (sulfide) groups is 1. The molecule has 200 valence electrons. The van der Waals surface area contributed by atoms with Gasteiger partial charge in [-0.25, -0.2) is 0 Å². The normalized spacial score (nSPS) is 12.5. The van der Waals surface area contributed by atoms with E-state index >= 15 is 0 Å². The molecule has 1 aliphatic rings. The highest BCUT2D eigenvalue weighted by Gasteiger charge is 2.24. The van der Waals surface area contributed by atoms with Crippen molar-refractivity contribution in [2.75, 3.05) is 22.5 Å². The maximum atomic E-state index is 13.3. The third-order valence-corrected chi connectivity index (χ3v) is 7.86. The number of fused-ring (bicyclic) bond motifs is 1. The van der Waals surface area contributed by atoms with E-state index in [0.717, 1.165) is 27.0 Å². The second-order valence-electron chi connectivity index (χ2n) is 9.12. The Bertz CT molecular complexity index is 1570. The monoisotopic (exact) mass is 611 g/mol. The molecule has 0 radical (unpaired) electrons. The first-order valence-electron chi connectivity index (χ1n) is 12.7. The van der Waals surface area contributed by atoms with Gasteiger partial charge in [-0.2, -0.15) is 0 Å². The highest BCUT2D eigenvalue weighted by molar-refractivity contribution is 9.10. The lowest BCUT2D eigenvalue weighted by molar-refractivity contribution is -0.116. The van der Waals surface area contributed by atoms with Crippen LogP contribution in [0.15, 0.2) is 118 Å². The average Bonchev–Trinajstić information content (AvgIpc) is 3.42. The Labute approximate surface area is 245 Å². The zero-order valence-corrected chi connectivity index (χ0v) is 23.9. The fourth-order valence-electron chi connectivity index (χ4n) is 4.35. The molecule has 0 spiro atoms. The van der Waals surface area contributed by atoms with Crippen molar-refractivity contribution < 1.29 is 14.4 Å². The zero-order valence-electron chi connectivity index (χ0n) is 21.5. The molecular formula is C32H26BrN3O3S. The van der Waals surface area contributed by atoms with Crippen molar-refractivity contribution in [1.29, 1.82) is 0 Å². The highest BCUT2D eigenvalue weighted by atomic mass is 79.9. The van der Waals surface area contributed by atoms with Gasteiger partial charge in [0.2, 0.25) is 5.91 Å². The zero-order chi connectivity index (χ0) is 27.9. The molecule has 1 aliphatic heterocycles. The number of carbonyl (C=O) groups is 3. The van der Waals surface area contributed by atoms with Gasteiger partial charge in [-0.05, 0) is 72.2 Å². The summed E-state index contributed by atoms with van der Waals surface area (Å²) in [5.41, 5.74) is 4.05. The summed E-state index contributed by atoms with van der Waals surface area (Å²) in [5.74, 6) is -0.509. The molecule has 0 bridgehead atoms. The largest absolute Gasteiger partial charge is 0.321 e. The van der Waals surface area contributed by atoms with Gasteiger partial charge in [-0.3, -0.25) is 14.4 Å². The van der Waals surface area contributed by atoms with Gasteiger partial charge in [-0.15, -0.1) is 11.8 Å². The van der Waals surface area contributed by atoms with Crippen LogP contribution in [0, 0.1) is 0 Å². The summed E-state index contributed by atoms with van der Waals surface area (Å²) in [5, 5.41) is 5.64. The molecule has 6 nitrogen and oxygen atoms in total. The summed E-state index contributed by atoms with van der Waals surface area (Å²) in [6.45, 7) is 0.691. The second-order valence-corrected chi connectivity index (χ2v) is 11.1. The molecule has 2 N–H and O–H groups in total. The number of para-hydroxylation sites is 1. The van der Waals surface area contributed by atoms with E-state index in [1.54, 1.807) is 36.4 Å². The maximum absolute atomic E-state index is 13.3. The topological polar surface area (TPSA) is 78.5 Å². The van der Waals surface area contributed by atoms with E-state index in [4.69, 9.17) is 0 Å². The Morgan fingerprint density at radius 3 is 2.42 bits per heavy atom. The van der Waals surface area contributed by atoms with Crippen molar-refractivity contribution >= 4 is 62.9 Å². The molecule has 0 aliphatic carbocycles. The number of nitrogens with zero attached hydrogens (tertiary/aromatic N) is 1. The SMILES string of the molecule is O=C(Nc1cccc(SCC(=O)N2CCc3ccccc32)c1)/C(=C/c1ccc(Br)cc1)NC(=O)c1ccccc1. The minimum absolute atomic E-state index is 0.0488. The van der Waals surface area contributed by atoms with Crippen molar-refractivity contribution in [2.45, 2.75) is 11.3 Å². The van der Waals surface area contributed by atoms with E-state index in [-0.39, 0.29) is 23.3 Å². The summed E-state index contributed by atoms with van der Waals surface area (Å²) in [6.07, 6.45) is 2.50. The number of hydrogen-bond donors (Lipinski definition) is 2. The smallest absolute Gasteiger partial charge is 0.272 e. The number of amides is 3. The predicted molar refractivity (Wildman–Crippen MR) is 164 cm³/mol. The van der Waals surface area contributed by atoms with E-state index in [0.29, 0.717) is 17.8 Å². The van der Waals surface area contributed by atoms with Crippen LogP contribution < -0.4 is 15.5 Å². The number of anilines is 2. The van der Waals surface area contributed by atoms with E-state index in [9.17, 15) is 14.4 Å². The van der Waals surface area contributed by atoms with Gasteiger partial charge in [-0.1, -0.05) is 70.5 Å². The molecule has 4 aromatic carbocycles. The molecule has 0 unspecified atom stereocenters. The Balaban J connectivity index is 1.28. The number of nitrogens with one attached hydrogen (secondary N) is 2. The van der Waals surface area contributed by atoms with E-state index in [1.165, 1.54) is 17.3 Å². The first-order valence-corrected chi connectivity index (χ1v) is 14.5. The van der Waals surface area contributed by atoms with Crippen LogP contribution in [0.2, 0.25) is 0 Å². The van der Waals surface area contributed by atoms with Crippen LogP contribution in [0.1, 0.15) is 21.5 Å². The molecule has 0 atom stereocenters. The number of halogens is 1. The lowest BCUT2D eigenvalue weighted by Gasteiger charge is -2.17. The number of hydrogen-bond acceptors (Lipinski definition) is 4. The van der Waals surface area contributed by atoms with Gasteiger partial charge in [0.15, 0.2) is 0 Å². The number of rotatable bonds is 8. The fraction of sp³-hybridized carbons (Fsp3) is 0.0938. The van der Waals surface area contributed by atoms with Gasteiger partial charge < -0.3 is 15.5 Å². The third-order valence-electron chi connectivity index (χ3n) is 6.35. The van der Waals surface area contributed by atoms with Crippen LogP contribution in [0.4, 0.5) is 11.4 Å². The van der Waals surface area contributed by atoms with Crippen molar-refractivity contribution in [3.63, 3.8) is 0 Å². The molecule has 0 fully saturated rings. The first-order chi connectivity index (χ1) is 19.5. The third kappa shape index (κ3) is 6.89. The van der Waals surface area contributed by atoms with Crippen molar-refractivity contribution in [2.24, 2.45) is 0 Å². The fourth-order valence-corrected chi connectivity index (χ4v) is 5.45. The summed E-state index contributed by atoms with van der Waals surface area (Å²) >= 11 is 4.84. The summed E-state index contributed by atoms with van der Waals surface area (Å²) < 4.78 is 0.908. The lowest BCUT2D eigenvalue weighted by Crippen LogP contribution is -2.30. The van der Waals surface area contributed by atoms with Gasteiger partial charge in [0, 0.05) is 32.9 Å². The van der Waals surface area contributed by atoms with Crippen molar-refractivity contribution in [1.82, 2.24) is 5.32 Å². The first kappa shape index (κ1) is 27.4. The minimum atomic E-state index is -0.459. The summed E-state index contributed by atoms with van der Waals surface area (Å²) in [4.78, 5) is 41.8. The molecule has 4 aromatic rings. The van der Waals surface area contributed by atoms with Crippen LogP contribution in [0.25, 0.3) is 6.08 Å². The molecule has 0 saturated heterocycles. The Morgan fingerprint density at radius 1 is 0.875 bits per heavy atom. The molecule has 0 saturated carbocycles. The maximum Gasteiger partial charge on any atom is 0.272 e. The van der Waals surface area contributed by atoms with Crippen molar-refractivity contribution in [3.8, 4) is 0 Å². The van der Waals surface area contributed by atoms with E-state index in [2.05, 4.69) is 32.6 Å². The van der Waals surface area contributed by atoms with Crippen LogP contribution in [-0.2, 0) is 16.0 Å². The molecule has 3 amide bonds. The van der Waals surface area contributed by atoms with E-state index < -0.39 is 5.91 Å². The van der Waals surface area contributed by atoms with Gasteiger partial charge in [0.25, 0.3) is 11.8 Å². The van der Waals surface area contributed by atoms with Crippen LogP contribution >= 0.6 is 27.7 Å². The lowest BCUT2D eigenvalue weighted by atomic mass is 10.1. The Kier molecular flexibility index (Phi) is 8.78. The minimum Gasteiger partial charge on any atom is -0.321 e. The predicted octanol–water partition coefficient (Wildman–Crippen LogP) is 6.54. The van der Waals surface area contributed by atoms with E-state index in [1.807, 2.05) is 71.6 Å². The molecule has 1 heterocycles. The Hall–Kier alpha value is -4.14. The van der Waals surface area contributed by atoms with Crippen molar-refractivity contribution in [3.05, 3.63) is 130 Å². The molecule has 40 heavy (non-hydrogen) atoms. The summed E-state index contributed by atoms with van der Waals surface area (Å²) in [6, 6.07) is 31.5. The number of carbonyl (C=O) groups excluding carboxylic acids is 3. The average molecular weight is 613 g/mol. The van der Waals surface area contributed by atoms with Crippen LogP contribution in [0.5, 0.6) is 0 Å². The second kappa shape index (κ2) is 12.8. The molecule has 8 heteroatoms. The van der Waals surface area contributed by atoms with Gasteiger partial charge >= 0.3 is 0 Å². The van der Waals surface area contributed by atoms with Gasteiger partial charge in [0.05, 0.1) is 5.75 Å². The Morgan fingerprint density at radius 2 is 1.62 bits per heavy atom. The summed E-state index contributed by atoms with van der Waals surface area (Å²) in [7, 11) is 0. The van der Waals surface area contributed by atoms with Crippen LogP contribution in [-0.4, -0.2) is 30.0 Å². The molecule has 5 rings (SSSR count). The highest BCUT2D eigenvalue weighted by Crippen LogP contribution is 2.29. The molecule has 0 aromatic heterocycles. The van der Waals surface area contributed by atoms with Gasteiger partial charge in [0.1, 0.15) is 5.70 Å². The standard InChI is InChI=1S/C32H26BrN3O3S/c33-25-15-13-22(14-16-25)19-28(35-31(38)24-8-2-1-3-9-24)32(39)34-26-10-6-11-27(20-26)40-21-30(37)36-18-17-23-7-4-5-12-29(23)36/h1-16,19-20H,17-18,21H2,(H,34,39)(H,35,38)/b28-19-. The quantitative estimate of drug-likeness (QED) is 0.175. The van der Waals surface area contributed by atoms with Crippen LogP contribution in [0.3, 0.4) is 0 Å². The number of benzene rings is 4.